The first-order valence-corrected chi connectivity index (χ1v) is 7.43. The maximum absolute atomic E-state index is 13.7. The summed E-state index contributed by atoms with van der Waals surface area (Å²) >= 11 is 0. The molecule has 0 amide bonds. The van der Waals surface area contributed by atoms with Crippen molar-refractivity contribution < 1.29 is 17.6 Å². The van der Waals surface area contributed by atoms with Crippen LogP contribution in [-0.2, 0) is 10.8 Å². The molecule has 2 aromatic rings. The summed E-state index contributed by atoms with van der Waals surface area (Å²) in [4.78, 5) is 0. The molecule has 0 aromatic heterocycles. The van der Waals surface area contributed by atoms with Crippen LogP contribution < -0.4 is 0 Å². The summed E-state index contributed by atoms with van der Waals surface area (Å²) in [6, 6.07) is 8.54. The number of benzene rings is 2. The molecule has 0 aliphatic rings. The highest BCUT2D eigenvalue weighted by Crippen LogP contribution is 2.26. The monoisotopic (exact) mass is 310 g/mol. The topological polar surface area (TPSA) is 9.23 Å². The Kier molecular flexibility index (Phi) is 4.54. The SMILES string of the molecule is CC(C)(Cc1ccc(-c2cc(F)c(F)cc2F)cc1)O[SiH3]. The number of halogens is 3. The Morgan fingerprint density at radius 2 is 1.52 bits per heavy atom. The van der Waals surface area contributed by atoms with E-state index >= 15 is 0 Å². The predicted molar refractivity (Wildman–Crippen MR) is 80.6 cm³/mol. The van der Waals surface area contributed by atoms with Gasteiger partial charge in [0.05, 0.1) is 5.60 Å². The lowest BCUT2D eigenvalue weighted by molar-refractivity contribution is 0.124. The average molecular weight is 310 g/mol. The van der Waals surface area contributed by atoms with Crippen molar-refractivity contribution in [3.8, 4) is 11.1 Å². The third kappa shape index (κ3) is 3.74. The average Bonchev–Trinajstić information content (AvgIpc) is 2.43. The second-order valence-corrected chi connectivity index (χ2v) is 5.99. The molecule has 0 unspecified atom stereocenters. The highest BCUT2D eigenvalue weighted by Gasteiger charge is 2.17. The Morgan fingerprint density at radius 1 is 0.952 bits per heavy atom. The van der Waals surface area contributed by atoms with Crippen LogP contribution in [0.3, 0.4) is 0 Å². The zero-order valence-corrected chi connectivity index (χ0v) is 14.2. The van der Waals surface area contributed by atoms with Crippen molar-refractivity contribution in [2.24, 2.45) is 0 Å². The van der Waals surface area contributed by atoms with Gasteiger partial charge in [0.1, 0.15) is 16.3 Å². The van der Waals surface area contributed by atoms with Crippen molar-refractivity contribution >= 4 is 10.5 Å². The molecule has 0 heterocycles. The van der Waals surface area contributed by atoms with Crippen LogP contribution in [0, 0.1) is 17.5 Å². The lowest BCUT2D eigenvalue weighted by atomic mass is 9.96. The van der Waals surface area contributed by atoms with Gasteiger partial charge in [-0.2, -0.15) is 0 Å². The Morgan fingerprint density at radius 3 is 2.10 bits per heavy atom. The summed E-state index contributed by atoms with van der Waals surface area (Å²) in [7, 11) is 0.656. The van der Waals surface area contributed by atoms with Crippen molar-refractivity contribution in [3.63, 3.8) is 0 Å². The van der Waals surface area contributed by atoms with E-state index in [2.05, 4.69) is 0 Å². The normalized spacial score (nSPS) is 11.9. The molecule has 0 aliphatic heterocycles. The quantitative estimate of drug-likeness (QED) is 0.621. The molecule has 2 rings (SSSR count). The maximum atomic E-state index is 13.7. The van der Waals surface area contributed by atoms with Gasteiger partial charge in [-0.25, -0.2) is 13.2 Å². The number of rotatable bonds is 4. The van der Waals surface area contributed by atoms with Crippen LogP contribution in [0.4, 0.5) is 13.2 Å². The highest BCUT2D eigenvalue weighted by atomic mass is 28.2. The summed E-state index contributed by atoms with van der Waals surface area (Å²) < 4.78 is 45.4. The molecule has 0 fully saturated rings. The second kappa shape index (κ2) is 6.03. The zero-order valence-electron chi connectivity index (χ0n) is 12.2. The van der Waals surface area contributed by atoms with Crippen LogP contribution in [0.2, 0.25) is 0 Å². The minimum absolute atomic E-state index is 0.0545. The van der Waals surface area contributed by atoms with Gasteiger partial charge in [0.15, 0.2) is 11.6 Å². The van der Waals surface area contributed by atoms with Crippen LogP contribution in [0.15, 0.2) is 36.4 Å². The van der Waals surface area contributed by atoms with E-state index in [0.717, 1.165) is 18.1 Å². The fourth-order valence-corrected chi connectivity index (χ4v) is 2.25. The number of hydrogen-bond donors (Lipinski definition) is 0. The van der Waals surface area contributed by atoms with Crippen molar-refractivity contribution in [1.82, 2.24) is 0 Å². The minimum Gasteiger partial charge on any atom is -0.423 e. The standard InChI is InChI=1S/C16H17F3OSi/c1-16(2,20-21)9-10-3-5-11(6-4-10)12-7-14(18)15(19)8-13(12)17/h3-8H,9H2,1-2,21H3. The van der Waals surface area contributed by atoms with Crippen LogP contribution in [0.5, 0.6) is 0 Å². The van der Waals surface area contributed by atoms with Gasteiger partial charge in [-0.3, -0.25) is 0 Å². The van der Waals surface area contributed by atoms with E-state index in [9.17, 15) is 13.2 Å². The van der Waals surface area contributed by atoms with Crippen molar-refractivity contribution in [3.05, 3.63) is 59.4 Å². The molecule has 21 heavy (non-hydrogen) atoms. The summed E-state index contributed by atoms with van der Waals surface area (Å²) in [5.41, 5.74) is 1.38. The van der Waals surface area contributed by atoms with Gasteiger partial charge in [-0.1, -0.05) is 24.3 Å². The van der Waals surface area contributed by atoms with E-state index in [1.54, 1.807) is 12.1 Å². The molecule has 0 atom stereocenters. The Bertz CT molecular complexity index is 639. The van der Waals surface area contributed by atoms with Gasteiger partial charge in [0.25, 0.3) is 0 Å². The van der Waals surface area contributed by atoms with E-state index in [1.807, 2.05) is 26.0 Å². The molecule has 112 valence electrons. The fourth-order valence-electron chi connectivity index (χ4n) is 2.11. The van der Waals surface area contributed by atoms with Gasteiger partial charge >= 0.3 is 0 Å². The van der Waals surface area contributed by atoms with Crippen LogP contribution >= 0.6 is 0 Å². The Hall–Kier alpha value is -1.59. The summed E-state index contributed by atoms with van der Waals surface area (Å²) in [6.07, 6.45) is 0.733. The molecular formula is C16H17F3OSi. The molecule has 0 aliphatic carbocycles. The summed E-state index contributed by atoms with van der Waals surface area (Å²) in [5.74, 6) is -3.01. The van der Waals surface area contributed by atoms with Crippen molar-refractivity contribution in [1.29, 1.82) is 0 Å². The smallest absolute Gasteiger partial charge is 0.161 e. The van der Waals surface area contributed by atoms with Gasteiger partial charge < -0.3 is 4.43 Å². The molecule has 5 heteroatoms. The van der Waals surface area contributed by atoms with Crippen LogP contribution in [-0.4, -0.2) is 16.1 Å². The largest absolute Gasteiger partial charge is 0.423 e. The summed E-state index contributed by atoms with van der Waals surface area (Å²) in [6.45, 7) is 4.01. The first kappa shape index (κ1) is 15.8. The lowest BCUT2D eigenvalue weighted by Gasteiger charge is -2.23. The molecule has 0 spiro atoms. The third-order valence-electron chi connectivity index (χ3n) is 3.46. The maximum Gasteiger partial charge on any atom is 0.161 e. The molecule has 0 bridgehead atoms. The number of hydrogen-bond acceptors (Lipinski definition) is 1. The van der Waals surface area contributed by atoms with E-state index < -0.39 is 17.5 Å². The van der Waals surface area contributed by atoms with Crippen molar-refractivity contribution in [2.75, 3.05) is 0 Å². The van der Waals surface area contributed by atoms with Gasteiger partial charge in [-0.15, -0.1) is 0 Å². The molecule has 0 saturated heterocycles. The molecule has 2 aromatic carbocycles. The van der Waals surface area contributed by atoms with E-state index in [0.29, 0.717) is 22.1 Å². The second-order valence-electron chi connectivity index (χ2n) is 5.58. The fraction of sp³-hybridized carbons (Fsp3) is 0.250. The zero-order chi connectivity index (χ0) is 15.6. The first-order valence-electron chi connectivity index (χ1n) is 6.61. The molecule has 0 radical (unpaired) electrons. The van der Waals surface area contributed by atoms with E-state index in [1.165, 1.54) is 0 Å². The first-order chi connectivity index (χ1) is 9.82. The van der Waals surface area contributed by atoms with Gasteiger partial charge in [-0.05, 0) is 37.5 Å². The van der Waals surface area contributed by atoms with Crippen molar-refractivity contribution in [2.45, 2.75) is 25.9 Å². The third-order valence-corrected chi connectivity index (χ3v) is 4.56. The van der Waals surface area contributed by atoms with Gasteiger partial charge in [0.2, 0.25) is 0 Å². The molecule has 0 saturated carbocycles. The van der Waals surface area contributed by atoms with E-state index in [4.69, 9.17) is 4.43 Å². The Labute approximate surface area is 125 Å². The molecule has 1 nitrogen and oxygen atoms in total. The van der Waals surface area contributed by atoms with Crippen LogP contribution in [0.25, 0.3) is 11.1 Å². The van der Waals surface area contributed by atoms with E-state index in [-0.39, 0.29) is 11.2 Å². The van der Waals surface area contributed by atoms with Crippen LogP contribution in [0.1, 0.15) is 19.4 Å². The Balaban J connectivity index is 2.29. The summed E-state index contributed by atoms with van der Waals surface area (Å²) in [5, 5.41) is 0. The molecule has 0 N–H and O–H groups in total. The predicted octanol–water partition coefficient (Wildman–Crippen LogP) is 3.39. The minimum atomic E-state index is -1.18. The molecular weight excluding hydrogens is 293 g/mol. The lowest BCUT2D eigenvalue weighted by Crippen LogP contribution is -2.26. The highest BCUT2D eigenvalue weighted by molar-refractivity contribution is 5.98. The van der Waals surface area contributed by atoms with Gasteiger partial charge in [0, 0.05) is 11.6 Å².